The molecule has 1 aliphatic rings. The van der Waals surface area contributed by atoms with Crippen LogP contribution in [0.4, 0.5) is 0 Å². The van der Waals surface area contributed by atoms with Crippen molar-refractivity contribution in [3.63, 3.8) is 0 Å². The molecule has 0 aromatic heterocycles. The number of carbonyl (C=O) groups excluding carboxylic acids is 1. The number of piperidine rings is 1. The highest BCUT2D eigenvalue weighted by Gasteiger charge is 2.26. The second-order valence-corrected chi connectivity index (χ2v) is 8.18. The molecule has 1 saturated heterocycles. The molecule has 1 unspecified atom stereocenters. The summed E-state index contributed by atoms with van der Waals surface area (Å²) in [6.07, 6.45) is 1.24. The van der Waals surface area contributed by atoms with Crippen molar-refractivity contribution >= 4 is 37.7 Å². The molecular formula is C14H18BrN3O3S. The van der Waals surface area contributed by atoms with Crippen LogP contribution in [0.2, 0.25) is 0 Å². The summed E-state index contributed by atoms with van der Waals surface area (Å²) < 4.78 is 28.7. The van der Waals surface area contributed by atoms with Crippen molar-refractivity contribution in [3.05, 3.63) is 29.8 Å². The molecule has 0 radical (unpaired) electrons. The summed E-state index contributed by atoms with van der Waals surface area (Å²) in [5, 5.41) is 0. The molecular weight excluding hydrogens is 370 g/mol. The maximum absolute atomic E-state index is 12.4. The second kappa shape index (κ2) is 6.78. The summed E-state index contributed by atoms with van der Waals surface area (Å²) >= 11 is 3.48. The first kappa shape index (κ1) is 17.0. The number of rotatable bonds is 4. The standard InChI is InChI=1S/C14H18BrN3O3S/c1-10-2-5-12(6-3-10)22(20,21)17-14-7-4-11(15)8-18(14)9-13(16)19/h2-3,5-6,11H,4,7-9H2,1H3,(H2,16,19)/b17-14-. The molecule has 1 atom stereocenters. The number of halogens is 1. The average Bonchev–Trinajstić information content (AvgIpc) is 2.41. The first-order valence-electron chi connectivity index (χ1n) is 6.86. The van der Waals surface area contributed by atoms with Gasteiger partial charge in [0.25, 0.3) is 10.0 Å². The highest BCUT2D eigenvalue weighted by Crippen LogP contribution is 2.21. The largest absolute Gasteiger partial charge is 0.368 e. The monoisotopic (exact) mass is 387 g/mol. The number of sulfonamides is 1. The van der Waals surface area contributed by atoms with E-state index in [2.05, 4.69) is 20.3 Å². The number of benzene rings is 1. The van der Waals surface area contributed by atoms with E-state index >= 15 is 0 Å². The Hall–Kier alpha value is -1.41. The number of nitrogens with zero attached hydrogens (tertiary/aromatic N) is 2. The Kier molecular flexibility index (Phi) is 5.23. The Morgan fingerprint density at radius 3 is 2.64 bits per heavy atom. The summed E-state index contributed by atoms with van der Waals surface area (Å²) in [7, 11) is -3.78. The topological polar surface area (TPSA) is 92.8 Å². The molecule has 0 aliphatic carbocycles. The minimum Gasteiger partial charge on any atom is -0.368 e. The lowest BCUT2D eigenvalue weighted by atomic mass is 10.1. The van der Waals surface area contributed by atoms with E-state index in [1.807, 2.05) is 6.92 Å². The minimum absolute atomic E-state index is 0.0374. The van der Waals surface area contributed by atoms with Gasteiger partial charge >= 0.3 is 0 Å². The van der Waals surface area contributed by atoms with Crippen molar-refractivity contribution in [1.82, 2.24) is 4.90 Å². The Labute approximate surface area is 138 Å². The first-order chi connectivity index (χ1) is 10.3. The fraction of sp³-hybridized carbons (Fsp3) is 0.429. The molecule has 1 fully saturated rings. The van der Waals surface area contributed by atoms with Crippen molar-refractivity contribution in [2.45, 2.75) is 29.5 Å². The van der Waals surface area contributed by atoms with Gasteiger partial charge in [-0.25, -0.2) is 0 Å². The Bertz CT molecular complexity index is 686. The van der Waals surface area contributed by atoms with E-state index in [1.165, 1.54) is 12.1 Å². The van der Waals surface area contributed by atoms with Gasteiger partial charge in [0.15, 0.2) is 0 Å². The number of carbonyl (C=O) groups is 1. The zero-order valence-electron chi connectivity index (χ0n) is 12.2. The minimum atomic E-state index is -3.78. The second-order valence-electron chi connectivity index (χ2n) is 5.28. The number of hydrogen-bond acceptors (Lipinski definition) is 3. The third-order valence-electron chi connectivity index (χ3n) is 3.36. The molecule has 1 aromatic rings. The predicted octanol–water partition coefficient (Wildman–Crippen LogP) is 1.43. The molecule has 0 saturated carbocycles. The summed E-state index contributed by atoms with van der Waals surface area (Å²) in [5.41, 5.74) is 6.20. The highest BCUT2D eigenvalue weighted by atomic mass is 79.9. The van der Waals surface area contributed by atoms with E-state index in [0.29, 0.717) is 18.8 Å². The highest BCUT2D eigenvalue weighted by molar-refractivity contribution is 9.09. The van der Waals surface area contributed by atoms with Gasteiger partial charge in [-0.05, 0) is 25.5 Å². The van der Waals surface area contributed by atoms with Gasteiger partial charge in [0.1, 0.15) is 5.84 Å². The van der Waals surface area contributed by atoms with Gasteiger partial charge in [-0.2, -0.15) is 8.42 Å². The molecule has 1 aliphatic heterocycles. The van der Waals surface area contributed by atoms with Crippen LogP contribution in [0, 0.1) is 6.92 Å². The number of likely N-dealkylation sites (tertiary alicyclic amines) is 1. The summed E-state index contributed by atoms with van der Waals surface area (Å²) in [4.78, 5) is 13.1. The van der Waals surface area contributed by atoms with Gasteiger partial charge in [0, 0.05) is 17.8 Å². The van der Waals surface area contributed by atoms with Crippen LogP contribution in [0.25, 0.3) is 0 Å². The molecule has 1 heterocycles. The Morgan fingerprint density at radius 1 is 1.41 bits per heavy atom. The van der Waals surface area contributed by atoms with E-state index < -0.39 is 15.9 Å². The molecule has 8 heteroatoms. The third-order valence-corrected chi connectivity index (χ3v) is 5.42. The molecule has 22 heavy (non-hydrogen) atoms. The fourth-order valence-corrected chi connectivity index (χ4v) is 3.88. The van der Waals surface area contributed by atoms with Gasteiger partial charge < -0.3 is 10.6 Å². The van der Waals surface area contributed by atoms with Crippen LogP contribution in [0.5, 0.6) is 0 Å². The smallest absolute Gasteiger partial charge is 0.283 e. The third kappa shape index (κ3) is 4.30. The number of primary amides is 1. The molecule has 1 aromatic carbocycles. The zero-order chi connectivity index (χ0) is 16.3. The van der Waals surface area contributed by atoms with E-state index in [9.17, 15) is 13.2 Å². The van der Waals surface area contributed by atoms with E-state index in [4.69, 9.17) is 5.73 Å². The zero-order valence-corrected chi connectivity index (χ0v) is 14.6. The quantitative estimate of drug-likeness (QED) is 0.790. The van der Waals surface area contributed by atoms with Crippen LogP contribution < -0.4 is 5.73 Å². The van der Waals surface area contributed by atoms with E-state index in [-0.39, 0.29) is 16.3 Å². The number of amidine groups is 1. The normalized spacial score (nSPS) is 21.1. The van der Waals surface area contributed by atoms with E-state index in [1.54, 1.807) is 17.0 Å². The van der Waals surface area contributed by atoms with Crippen LogP contribution in [0.3, 0.4) is 0 Å². The van der Waals surface area contributed by atoms with Crippen LogP contribution in [0.1, 0.15) is 18.4 Å². The van der Waals surface area contributed by atoms with Gasteiger partial charge in [-0.1, -0.05) is 33.6 Å². The van der Waals surface area contributed by atoms with Gasteiger partial charge in [-0.15, -0.1) is 4.40 Å². The Morgan fingerprint density at radius 2 is 2.05 bits per heavy atom. The van der Waals surface area contributed by atoms with Crippen molar-refractivity contribution in [3.8, 4) is 0 Å². The van der Waals surface area contributed by atoms with Crippen LogP contribution in [-0.4, -0.2) is 43.0 Å². The lowest BCUT2D eigenvalue weighted by molar-refractivity contribution is -0.118. The number of alkyl halides is 1. The van der Waals surface area contributed by atoms with Gasteiger partial charge in [0.2, 0.25) is 5.91 Å². The van der Waals surface area contributed by atoms with Crippen LogP contribution >= 0.6 is 15.9 Å². The number of aryl methyl sites for hydroxylation is 1. The van der Waals surface area contributed by atoms with Crippen LogP contribution in [-0.2, 0) is 14.8 Å². The lowest BCUT2D eigenvalue weighted by Crippen LogP contribution is -2.45. The molecule has 6 nitrogen and oxygen atoms in total. The predicted molar refractivity (Wildman–Crippen MR) is 88.5 cm³/mol. The summed E-state index contributed by atoms with van der Waals surface area (Å²) in [6, 6.07) is 6.51. The molecule has 120 valence electrons. The van der Waals surface area contributed by atoms with Crippen molar-refractivity contribution in [2.75, 3.05) is 13.1 Å². The molecule has 2 rings (SSSR count). The molecule has 2 N–H and O–H groups in total. The molecule has 1 amide bonds. The fourth-order valence-electron chi connectivity index (χ4n) is 2.23. The molecule has 0 spiro atoms. The van der Waals surface area contributed by atoms with Gasteiger partial charge in [-0.3, -0.25) is 4.79 Å². The maximum Gasteiger partial charge on any atom is 0.283 e. The average molecular weight is 388 g/mol. The SMILES string of the molecule is Cc1ccc(S(=O)(=O)/N=C2/CCC(Br)CN2CC(N)=O)cc1. The van der Waals surface area contributed by atoms with Crippen molar-refractivity contribution < 1.29 is 13.2 Å². The van der Waals surface area contributed by atoms with E-state index in [0.717, 1.165) is 12.0 Å². The van der Waals surface area contributed by atoms with Crippen LogP contribution in [0.15, 0.2) is 33.6 Å². The van der Waals surface area contributed by atoms with Gasteiger partial charge in [0.05, 0.1) is 11.4 Å². The van der Waals surface area contributed by atoms with Crippen molar-refractivity contribution in [1.29, 1.82) is 0 Å². The summed E-state index contributed by atoms with van der Waals surface area (Å²) in [5.74, 6) is -0.128. The summed E-state index contributed by atoms with van der Waals surface area (Å²) in [6.45, 7) is 2.35. The number of hydrogen-bond donors (Lipinski definition) is 1. The molecule has 0 bridgehead atoms. The maximum atomic E-state index is 12.4. The van der Waals surface area contributed by atoms with Crippen molar-refractivity contribution in [2.24, 2.45) is 10.1 Å². The first-order valence-corrected chi connectivity index (χ1v) is 9.21. The number of amides is 1. The Balaban J connectivity index is 2.31. The lowest BCUT2D eigenvalue weighted by Gasteiger charge is -2.31. The number of nitrogens with two attached hydrogens (primary N) is 1.